The van der Waals surface area contributed by atoms with Gasteiger partial charge in [0.2, 0.25) is 0 Å². The van der Waals surface area contributed by atoms with E-state index in [9.17, 15) is 5.11 Å². The van der Waals surface area contributed by atoms with Crippen LogP contribution in [0.1, 0.15) is 5.56 Å². The molecule has 4 aromatic rings. The van der Waals surface area contributed by atoms with Gasteiger partial charge in [-0.2, -0.15) is 0 Å². The van der Waals surface area contributed by atoms with Crippen molar-refractivity contribution in [3.63, 3.8) is 0 Å². The highest BCUT2D eigenvalue weighted by atomic mass is 16.5. The van der Waals surface area contributed by atoms with Gasteiger partial charge in [0.15, 0.2) is 0 Å². The second-order valence-corrected chi connectivity index (χ2v) is 5.89. The van der Waals surface area contributed by atoms with Crippen LogP contribution in [0.4, 0.5) is 0 Å². The van der Waals surface area contributed by atoms with Crippen LogP contribution < -0.4 is 4.74 Å². The number of aromatic nitrogens is 2. The molecule has 0 unspecified atom stereocenters. The smallest absolute Gasteiger partial charge is 0.137 e. The Labute approximate surface area is 146 Å². The summed E-state index contributed by atoms with van der Waals surface area (Å²) in [5, 5.41) is 9.25. The number of imidazole rings is 1. The molecule has 1 N–H and O–H groups in total. The SMILES string of the molecule is COc1ccc(-c2ccc(-c3cn4cc(CO)ccc4n3)cc2)cc1. The second-order valence-electron chi connectivity index (χ2n) is 5.89. The Morgan fingerprint density at radius 2 is 1.48 bits per heavy atom. The minimum absolute atomic E-state index is 0.0278. The summed E-state index contributed by atoms with van der Waals surface area (Å²) in [6.45, 7) is 0.0278. The van der Waals surface area contributed by atoms with Gasteiger partial charge in [-0.25, -0.2) is 4.98 Å². The largest absolute Gasteiger partial charge is 0.497 e. The Balaban J connectivity index is 1.65. The maximum atomic E-state index is 9.25. The Morgan fingerprint density at radius 1 is 0.840 bits per heavy atom. The van der Waals surface area contributed by atoms with Crippen LogP contribution in [-0.4, -0.2) is 21.6 Å². The number of methoxy groups -OCH3 is 1. The van der Waals surface area contributed by atoms with E-state index in [0.29, 0.717) is 0 Å². The van der Waals surface area contributed by atoms with E-state index in [-0.39, 0.29) is 6.61 Å². The number of hydrogen-bond acceptors (Lipinski definition) is 3. The molecule has 0 aliphatic rings. The van der Waals surface area contributed by atoms with E-state index in [1.807, 2.05) is 41.1 Å². The highest BCUT2D eigenvalue weighted by molar-refractivity contribution is 5.70. The number of pyridine rings is 1. The lowest BCUT2D eigenvalue weighted by Crippen LogP contribution is -1.88. The number of aliphatic hydroxyl groups is 1. The zero-order valence-electron chi connectivity index (χ0n) is 13.9. The average molecular weight is 330 g/mol. The van der Waals surface area contributed by atoms with Crippen molar-refractivity contribution in [2.45, 2.75) is 6.61 Å². The van der Waals surface area contributed by atoms with E-state index in [0.717, 1.165) is 39.3 Å². The van der Waals surface area contributed by atoms with E-state index in [2.05, 4.69) is 41.4 Å². The molecule has 0 saturated heterocycles. The van der Waals surface area contributed by atoms with Crippen LogP contribution in [0, 0.1) is 0 Å². The van der Waals surface area contributed by atoms with Crippen LogP contribution in [0.5, 0.6) is 5.75 Å². The zero-order chi connectivity index (χ0) is 17.2. The topological polar surface area (TPSA) is 46.8 Å². The lowest BCUT2D eigenvalue weighted by atomic mass is 10.0. The number of ether oxygens (including phenoxy) is 1. The molecule has 25 heavy (non-hydrogen) atoms. The molecule has 0 radical (unpaired) electrons. The van der Waals surface area contributed by atoms with Crippen molar-refractivity contribution in [2.75, 3.05) is 7.11 Å². The Kier molecular flexibility index (Phi) is 3.96. The van der Waals surface area contributed by atoms with Gasteiger partial charge in [-0.3, -0.25) is 0 Å². The standard InChI is InChI=1S/C21H18N2O2/c1-25-19-9-7-17(8-10-19)16-3-5-18(6-4-16)20-13-23-12-15(14-24)2-11-21(23)22-20/h2-13,24H,14H2,1H3. The summed E-state index contributed by atoms with van der Waals surface area (Å²) >= 11 is 0. The highest BCUT2D eigenvalue weighted by Crippen LogP contribution is 2.26. The van der Waals surface area contributed by atoms with Crippen molar-refractivity contribution in [3.8, 4) is 28.1 Å². The zero-order valence-corrected chi connectivity index (χ0v) is 13.9. The molecule has 0 aliphatic carbocycles. The fourth-order valence-corrected chi connectivity index (χ4v) is 2.89. The first-order chi connectivity index (χ1) is 12.3. The Morgan fingerprint density at radius 3 is 2.12 bits per heavy atom. The maximum absolute atomic E-state index is 9.25. The first-order valence-corrected chi connectivity index (χ1v) is 8.10. The molecule has 4 heteroatoms. The summed E-state index contributed by atoms with van der Waals surface area (Å²) in [5.41, 5.74) is 6.01. The third kappa shape index (κ3) is 2.99. The van der Waals surface area contributed by atoms with E-state index in [1.54, 1.807) is 7.11 Å². The van der Waals surface area contributed by atoms with Gasteiger partial charge in [0, 0.05) is 18.0 Å². The molecular formula is C21H18N2O2. The number of hydrogen-bond donors (Lipinski definition) is 1. The lowest BCUT2D eigenvalue weighted by molar-refractivity contribution is 0.281. The molecule has 0 aliphatic heterocycles. The van der Waals surface area contributed by atoms with Gasteiger partial charge >= 0.3 is 0 Å². The summed E-state index contributed by atoms with van der Waals surface area (Å²) in [6, 6.07) is 20.2. The van der Waals surface area contributed by atoms with E-state index in [4.69, 9.17) is 4.74 Å². The van der Waals surface area contributed by atoms with Gasteiger partial charge in [-0.15, -0.1) is 0 Å². The van der Waals surface area contributed by atoms with Crippen LogP contribution in [0.3, 0.4) is 0 Å². The molecule has 124 valence electrons. The number of rotatable bonds is 4. The number of fused-ring (bicyclic) bond motifs is 1. The molecule has 0 amide bonds. The minimum atomic E-state index is 0.0278. The third-order valence-electron chi connectivity index (χ3n) is 4.30. The molecule has 0 spiro atoms. The fraction of sp³-hybridized carbons (Fsp3) is 0.0952. The number of benzene rings is 2. The predicted octanol–water partition coefficient (Wildman–Crippen LogP) is 4.17. The molecular weight excluding hydrogens is 312 g/mol. The van der Waals surface area contributed by atoms with Gasteiger partial charge < -0.3 is 14.2 Å². The van der Waals surface area contributed by atoms with Gasteiger partial charge in [-0.05, 0) is 34.9 Å². The highest BCUT2D eigenvalue weighted by Gasteiger charge is 2.06. The third-order valence-corrected chi connectivity index (χ3v) is 4.30. The molecule has 0 atom stereocenters. The number of nitrogens with zero attached hydrogens (tertiary/aromatic N) is 2. The monoisotopic (exact) mass is 330 g/mol. The normalized spacial score (nSPS) is 11.0. The van der Waals surface area contributed by atoms with E-state index >= 15 is 0 Å². The molecule has 0 saturated carbocycles. The van der Waals surface area contributed by atoms with Crippen LogP contribution in [0.2, 0.25) is 0 Å². The van der Waals surface area contributed by atoms with Crippen molar-refractivity contribution in [1.82, 2.24) is 9.38 Å². The van der Waals surface area contributed by atoms with Gasteiger partial charge in [0.25, 0.3) is 0 Å². The minimum Gasteiger partial charge on any atom is -0.497 e. The molecule has 0 bridgehead atoms. The van der Waals surface area contributed by atoms with Crippen molar-refractivity contribution in [1.29, 1.82) is 0 Å². The molecule has 0 fully saturated rings. The lowest BCUT2D eigenvalue weighted by Gasteiger charge is -2.04. The van der Waals surface area contributed by atoms with Crippen LogP contribution >= 0.6 is 0 Å². The van der Waals surface area contributed by atoms with Crippen molar-refractivity contribution < 1.29 is 9.84 Å². The van der Waals surface area contributed by atoms with Crippen molar-refractivity contribution in [2.24, 2.45) is 0 Å². The van der Waals surface area contributed by atoms with E-state index in [1.165, 1.54) is 0 Å². The summed E-state index contributed by atoms with van der Waals surface area (Å²) in [4.78, 5) is 4.65. The summed E-state index contributed by atoms with van der Waals surface area (Å²) in [5.74, 6) is 0.854. The molecule has 4 rings (SSSR count). The van der Waals surface area contributed by atoms with Gasteiger partial charge in [0.05, 0.1) is 19.4 Å². The quantitative estimate of drug-likeness (QED) is 0.611. The first kappa shape index (κ1) is 15.4. The summed E-state index contributed by atoms with van der Waals surface area (Å²) < 4.78 is 7.14. The van der Waals surface area contributed by atoms with Crippen LogP contribution in [-0.2, 0) is 6.61 Å². The van der Waals surface area contributed by atoms with Crippen molar-refractivity contribution in [3.05, 3.63) is 78.6 Å². The van der Waals surface area contributed by atoms with Crippen LogP contribution in [0.25, 0.3) is 28.0 Å². The summed E-state index contributed by atoms with van der Waals surface area (Å²) in [7, 11) is 1.67. The van der Waals surface area contributed by atoms with Crippen molar-refractivity contribution >= 4 is 5.65 Å². The average Bonchev–Trinajstić information content (AvgIpc) is 3.11. The van der Waals surface area contributed by atoms with E-state index < -0.39 is 0 Å². The van der Waals surface area contributed by atoms with Crippen LogP contribution in [0.15, 0.2) is 73.1 Å². The molecule has 2 aromatic carbocycles. The first-order valence-electron chi connectivity index (χ1n) is 8.10. The second kappa shape index (κ2) is 6.42. The Bertz CT molecular complexity index is 1000. The molecule has 2 aromatic heterocycles. The molecule has 4 nitrogen and oxygen atoms in total. The maximum Gasteiger partial charge on any atom is 0.137 e. The predicted molar refractivity (Wildman–Crippen MR) is 98.5 cm³/mol. The van der Waals surface area contributed by atoms with Gasteiger partial charge in [-0.1, -0.05) is 42.5 Å². The fourth-order valence-electron chi connectivity index (χ4n) is 2.89. The summed E-state index contributed by atoms with van der Waals surface area (Å²) in [6.07, 6.45) is 3.88. The Hall–Kier alpha value is -3.11. The number of aliphatic hydroxyl groups excluding tert-OH is 1. The van der Waals surface area contributed by atoms with Gasteiger partial charge in [0.1, 0.15) is 11.4 Å². The molecule has 2 heterocycles.